The van der Waals surface area contributed by atoms with Crippen molar-refractivity contribution >= 4 is 23.0 Å². The van der Waals surface area contributed by atoms with E-state index in [-0.39, 0.29) is 11.5 Å². The number of furan rings is 1. The highest BCUT2D eigenvalue weighted by Crippen LogP contribution is 2.40. The summed E-state index contributed by atoms with van der Waals surface area (Å²) < 4.78 is 5.25. The molecule has 25 heavy (non-hydrogen) atoms. The third kappa shape index (κ3) is 2.78. The second-order valence-electron chi connectivity index (χ2n) is 5.61. The smallest absolute Gasteiger partial charge is 0.353 e. The fourth-order valence-corrected chi connectivity index (χ4v) is 3.01. The van der Waals surface area contributed by atoms with E-state index >= 15 is 0 Å². The molecule has 0 radical (unpaired) electrons. The predicted octanol–water partition coefficient (Wildman–Crippen LogP) is 3.28. The van der Waals surface area contributed by atoms with Gasteiger partial charge < -0.3 is 14.6 Å². The van der Waals surface area contributed by atoms with Crippen LogP contribution in [0.2, 0.25) is 0 Å². The molecule has 4 rings (SSSR count). The second kappa shape index (κ2) is 6.23. The van der Waals surface area contributed by atoms with Gasteiger partial charge in [0.15, 0.2) is 0 Å². The fourth-order valence-electron chi connectivity index (χ4n) is 3.01. The van der Waals surface area contributed by atoms with Gasteiger partial charge in [0.05, 0.1) is 17.7 Å². The van der Waals surface area contributed by atoms with Crippen LogP contribution in [0.25, 0.3) is 0 Å². The number of aromatic nitrogens is 2. The Hall–Kier alpha value is -3.42. The molecule has 0 saturated heterocycles. The largest absolute Gasteiger partial charge is 0.467 e. The maximum absolute atomic E-state index is 11.7. The Labute approximate surface area is 143 Å². The number of nitrogens with one attached hydrogen (secondary N) is 1. The zero-order valence-corrected chi connectivity index (χ0v) is 13.3. The molecule has 2 aromatic heterocycles. The van der Waals surface area contributed by atoms with Gasteiger partial charge in [0, 0.05) is 12.2 Å². The molecule has 0 unspecified atom stereocenters. The molecule has 0 fully saturated rings. The molecule has 0 saturated carbocycles. The summed E-state index contributed by atoms with van der Waals surface area (Å²) in [6, 6.07) is 11.4. The third-order valence-corrected chi connectivity index (χ3v) is 4.14. The molecule has 0 aliphatic carbocycles. The summed E-state index contributed by atoms with van der Waals surface area (Å²) in [5.41, 5.74) is 1.97. The number of fused-ring (bicyclic) bond motifs is 1. The van der Waals surface area contributed by atoms with Gasteiger partial charge in [-0.3, -0.25) is 10.1 Å². The number of hydrogen-bond donors (Lipinski definition) is 1. The summed E-state index contributed by atoms with van der Waals surface area (Å²) in [6.07, 6.45) is 3.72. The SMILES string of the molecule is O=[N+]([O-])c1c(NCc2ccco2)ncnc1N1CCc2ccccc21. The summed E-state index contributed by atoms with van der Waals surface area (Å²) in [6.45, 7) is 0.954. The molecule has 8 nitrogen and oxygen atoms in total. The first kappa shape index (κ1) is 15.1. The molecule has 1 N–H and O–H groups in total. The van der Waals surface area contributed by atoms with Crippen LogP contribution in [0, 0.1) is 10.1 Å². The Balaban J connectivity index is 1.71. The van der Waals surface area contributed by atoms with Gasteiger partial charge in [-0.15, -0.1) is 0 Å². The Morgan fingerprint density at radius 2 is 2.12 bits per heavy atom. The van der Waals surface area contributed by atoms with Gasteiger partial charge in [-0.05, 0) is 30.2 Å². The van der Waals surface area contributed by atoms with Gasteiger partial charge in [0.2, 0.25) is 11.6 Å². The number of benzene rings is 1. The van der Waals surface area contributed by atoms with Crippen LogP contribution in [-0.4, -0.2) is 21.4 Å². The number of hydrogen-bond acceptors (Lipinski definition) is 7. The molecule has 1 aliphatic heterocycles. The minimum absolute atomic E-state index is 0.134. The van der Waals surface area contributed by atoms with Crippen molar-refractivity contribution in [3.8, 4) is 0 Å². The summed E-state index contributed by atoms with van der Waals surface area (Å²) in [4.78, 5) is 21.4. The Kier molecular flexibility index (Phi) is 3.77. The van der Waals surface area contributed by atoms with Gasteiger partial charge >= 0.3 is 5.69 Å². The number of para-hydroxylation sites is 1. The lowest BCUT2D eigenvalue weighted by Crippen LogP contribution is -2.18. The average Bonchev–Trinajstić information content (AvgIpc) is 3.29. The standard InChI is InChI=1S/C17H15N5O3/c23-22(24)15-16(18-10-13-5-3-9-25-13)19-11-20-17(15)21-8-7-12-4-1-2-6-14(12)21/h1-6,9,11H,7-8,10H2,(H,18,19,20). The maximum Gasteiger partial charge on any atom is 0.353 e. The zero-order valence-electron chi connectivity index (χ0n) is 13.3. The van der Waals surface area contributed by atoms with E-state index in [1.165, 1.54) is 6.33 Å². The van der Waals surface area contributed by atoms with E-state index in [0.29, 0.717) is 24.7 Å². The number of rotatable bonds is 5. The predicted molar refractivity (Wildman–Crippen MR) is 91.9 cm³/mol. The minimum atomic E-state index is -0.444. The molecule has 0 bridgehead atoms. The number of nitro groups is 1. The first-order valence-electron chi connectivity index (χ1n) is 7.85. The van der Waals surface area contributed by atoms with Crippen LogP contribution in [0.1, 0.15) is 11.3 Å². The lowest BCUT2D eigenvalue weighted by atomic mass is 10.2. The molecule has 0 atom stereocenters. The molecule has 0 amide bonds. The van der Waals surface area contributed by atoms with E-state index < -0.39 is 4.92 Å². The highest BCUT2D eigenvalue weighted by molar-refractivity contribution is 5.78. The zero-order chi connectivity index (χ0) is 17.2. The highest BCUT2D eigenvalue weighted by atomic mass is 16.6. The lowest BCUT2D eigenvalue weighted by Gasteiger charge is -2.18. The summed E-state index contributed by atoms with van der Waals surface area (Å²) in [5.74, 6) is 1.14. The van der Waals surface area contributed by atoms with E-state index in [2.05, 4.69) is 15.3 Å². The molecular weight excluding hydrogens is 322 g/mol. The van der Waals surface area contributed by atoms with Gasteiger partial charge in [-0.25, -0.2) is 9.97 Å². The van der Waals surface area contributed by atoms with E-state index in [0.717, 1.165) is 17.7 Å². The minimum Gasteiger partial charge on any atom is -0.467 e. The topological polar surface area (TPSA) is 97.3 Å². The van der Waals surface area contributed by atoms with E-state index in [1.54, 1.807) is 18.4 Å². The van der Waals surface area contributed by atoms with Crippen molar-refractivity contribution in [1.29, 1.82) is 0 Å². The van der Waals surface area contributed by atoms with Crippen LogP contribution in [0.3, 0.4) is 0 Å². The lowest BCUT2D eigenvalue weighted by molar-refractivity contribution is -0.383. The monoisotopic (exact) mass is 337 g/mol. The molecule has 3 heterocycles. The average molecular weight is 337 g/mol. The molecule has 1 aromatic carbocycles. The molecule has 3 aromatic rings. The van der Waals surface area contributed by atoms with Crippen molar-refractivity contribution in [3.63, 3.8) is 0 Å². The summed E-state index contributed by atoms with van der Waals surface area (Å²) >= 11 is 0. The quantitative estimate of drug-likeness (QED) is 0.563. The summed E-state index contributed by atoms with van der Waals surface area (Å²) in [7, 11) is 0. The van der Waals surface area contributed by atoms with Gasteiger partial charge in [0.1, 0.15) is 12.1 Å². The molecule has 8 heteroatoms. The Morgan fingerprint density at radius 1 is 1.24 bits per heavy atom. The van der Waals surface area contributed by atoms with Crippen molar-refractivity contribution in [2.45, 2.75) is 13.0 Å². The van der Waals surface area contributed by atoms with Crippen LogP contribution in [0.15, 0.2) is 53.4 Å². The Bertz CT molecular complexity index is 910. The number of nitrogens with zero attached hydrogens (tertiary/aromatic N) is 4. The fraction of sp³-hybridized carbons (Fsp3) is 0.176. The number of anilines is 3. The van der Waals surface area contributed by atoms with Crippen molar-refractivity contribution < 1.29 is 9.34 Å². The van der Waals surface area contributed by atoms with E-state index in [4.69, 9.17) is 4.42 Å². The first-order valence-corrected chi connectivity index (χ1v) is 7.85. The van der Waals surface area contributed by atoms with Gasteiger partial charge in [-0.1, -0.05) is 18.2 Å². The molecule has 126 valence electrons. The van der Waals surface area contributed by atoms with Crippen molar-refractivity contribution in [2.24, 2.45) is 0 Å². The second-order valence-corrected chi connectivity index (χ2v) is 5.61. The van der Waals surface area contributed by atoms with Crippen LogP contribution < -0.4 is 10.2 Å². The molecular formula is C17H15N5O3. The third-order valence-electron chi connectivity index (χ3n) is 4.14. The van der Waals surface area contributed by atoms with Crippen LogP contribution in [-0.2, 0) is 13.0 Å². The normalized spacial score (nSPS) is 12.9. The van der Waals surface area contributed by atoms with Crippen molar-refractivity contribution in [2.75, 3.05) is 16.8 Å². The van der Waals surface area contributed by atoms with Crippen LogP contribution >= 0.6 is 0 Å². The van der Waals surface area contributed by atoms with E-state index in [9.17, 15) is 10.1 Å². The van der Waals surface area contributed by atoms with E-state index in [1.807, 2.05) is 29.2 Å². The Morgan fingerprint density at radius 3 is 2.92 bits per heavy atom. The highest BCUT2D eigenvalue weighted by Gasteiger charge is 2.31. The van der Waals surface area contributed by atoms with Gasteiger partial charge in [-0.2, -0.15) is 0 Å². The van der Waals surface area contributed by atoms with Crippen LogP contribution in [0.4, 0.5) is 23.0 Å². The van der Waals surface area contributed by atoms with Crippen LogP contribution in [0.5, 0.6) is 0 Å². The van der Waals surface area contributed by atoms with Gasteiger partial charge in [0.25, 0.3) is 0 Å². The molecule has 1 aliphatic rings. The maximum atomic E-state index is 11.7. The first-order chi connectivity index (χ1) is 12.2. The van der Waals surface area contributed by atoms with Crippen molar-refractivity contribution in [1.82, 2.24) is 9.97 Å². The summed E-state index contributed by atoms with van der Waals surface area (Å²) in [5, 5.41) is 14.7. The molecule has 0 spiro atoms. The van der Waals surface area contributed by atoms with Crippen molar-refractivity contribution in [3.05, 3.63) is 70.4 Å².